The molecule has 0 spiro atoms. The Kier molecular flexibility index (Phi) is 10.6. The first-order chi connectivity index (χ1) is 18.8. The SMILES string of the molecule is CS(=O)(=O)c1ccc(-c2ccc([C@H](N[C@@H](CC(Cl)Cl)C(=O)NC(C#N)Cc3ccccc3)C(F)(F)F)cc2)cc1. The van der Waals surface area contributed by atoms with E-state index in [4.69, 9.17) is 23.2 Å². The van der Waals surface area contributed by atoms with Gasteiger partial charge in [0.2, 0.25) is 5.91 Å². The van der Waals surface area contributed by atoms with Crippen LogP contribution >= 0.6 is 23.2 Å². The summed E-state index contributed by atoms with van der Waals surface area (Å²) < 4.78 is 65.9. The van der Waals surface area contributed by atoms with Crippen LogP contribution in [0.15, 0.2) is 83.8 Å². The summed E-state index contributed by atoms with van der Waals surface area (Å²) in [5.74, 6) is -0.842. The number of hydrogen-bond donors (Lipinski definition) is 2. The molecule has 2 N–H and O–H groups in total. The van der Waals surface area contributed by atoms with Gasteiger partial charge in [0.1, 0.15) is 16.9 Å². The number of rotatable bonds is 11. The topological polar surface area (TPSA) is 99.1 Å². The van der Waals surface area contributed by atoms with E-state index in [2.05, 4.69) is 10.6 Å². The number of nitrogens with one attached hydrogen (secondary N) is 2. The molecular formula is C28H26Cl2F3N3O3S. The summed E-state index contributed by atoms with van der Waals surface area (Å²) >= 11 is 11.7. The van der Waals surface area contributed by atoms with E-state index in [1.165, 1.54) is 36.4 Å². The summed E-state index contributed by atoms with van der Waals surface area (Å²) in [4.78, 5) is 12.0. The van der Waals surface area contributed by atoms with Crippen LogP contribution in [0.1, 0.15) is 23.6 Å². The average molecular weight is 613 g/mol. The molecule has 3 atom stereocenters. The highest BCUT2D eigenvalue weighted by Gasteiger charge is 2.43. The highest BCUT2D eigenvalue weighted by molar-refractivity contribution is 7.90. The Hall–Kier alpha value is -3.10. The van der Waals surface area contributed by atoms with Crippen molar-refractivity contribution in [2.75, 3.05) is 6.26 Å². The Morgan fingerprint density at radius 2 is 1.50 bits per heavy atom. The van der Waals surface area contributed by atoms with Crippen LogP contribution in [0.4, 0.5) is 13.2 Å². The largest absolute Gasteiger partial charge is 0.407 e. The van der Waals surface area contributed by atoms with E-state index in [9.17, 15) is 31.6 Å². The fourth-order valence-electron chi connectivity index (χ4n) is 4.02. The molecule has 0 saturated heterocycles. The van der Waals surface area contributed by atoms with E-state index >= 15 is 0 Å². The number of carbonyl (C=O) groups excluding carboxylic acids is 1. The van der Waals surface area contributed by atoms with Crippen LogP contribution in [-0.2, 0) is 21.1 Å². The second-order valence-electron chi connectivity index (χ2n) is 9.12. The molecule has 1 unspecified atom stereocenters. The number of alkyl halides is 5. The van der Waals surface area contributed by atoms with Gasteiger partial charge in [-0.15, -0.1) is 23.2 Å². The maximum absolute atomic E-state index is 14.2. The number of nitrogens with zero attached hydrogens (tertiary/aromatic N) is 1. The van der Waals surface area contributed by atoms with Gasteiger partial charge in [-0.1, -0.05) is 66.7 Å². The van der Waals surface area contributed by atoms with E-state index in [0.29, 0.717) is 11.1 Å². The lowest BCUT2D eigenvalue weighted by Crippen LogP contribution is -2.52. The quantitative estimate of drug-likeness (QED) is 0.268. The third kappa shape index (κ3) is 8.96. The smallest absolute Gasteiger partial charge is 0.339 e. The van der Waals surface area contributed by atoms with Crippen molar-refractivity contribution in [2.24, 2.45) is 0 Å². The van der Waals surface area contributed by atoms with E-state index in [-0.39, 0.29) is 23.3 Å². The fraction of sp³-hybridized carbons (Fsp3) is 0.286. The number of halogens is 5. The van der Waals surface area contributed by atoms with E-state index in [1.54, 1.807) is 42.5 Å². The molecule has 0 saturated carbocycles. The highest BCUT2D eigenvalue weighted by atomic mass is 35.5. The van der Waals surface area contributed by atoms with Gasteiger partial charge in [-0.3, -0.25) is 10.1 Å². The molecule has 3 aromatic rings. The van der Waals surface area contributed by atoms with Crippen molar-refractivity contribution in [3.05, 3.63) is 90.0 Å². The Bertz CT molecular complexity index is 1430. The van der Waals surface area contributed by atoms with Crippen LogP contribution in [0.25, 0.3) is 11.1 Å². The first kappa shape index (κ1) is 31.4. The van der Waals surface area contributed by atoms with E-state index in [0.717, 1.165) is 11.8 Å². The molecule has 0 fully saturated rings. The van der Waals surface area contributed by atoms with Crippen molar-refractivity contribution < 1.29 is 26.4 Å². The first-order valence-corrected chi connectivity index (χ1v) is 14.8. The van der Waals surface area contributed by atoms with Crippen LogP contribution in [-0.4, -0.2) is 43.7 Å². The number of carbonyl (C=O) groups is 1. The molecular weight excluding hydrogens is 586 g/mol. The Balaban J connectivity index is 1.81. The predicted molar refractivity (Wildman–Crippen MR) is 149 cm³/mol. The van der Waals surface area contributed by atoms with Gasteiger partial charge in [0, 0.05) is 19.1 Å². The summed E-state index contributed by atoms with van der Waals surface area (Å²) in [6.07, 6.45) is -3.88. The Labute approximate surface area is 241 Å². The monoisotopic (exact) mass is 611 g/mol. The molecule has 0 bridgehead atoms. The minimum absolute atomic E-state index is 0.123. The summed E-state index contributed by atoms with van der Waals surface area (Å²) in [5, 5.41) is 14.3. The zero-order valence-corrected chi connectivity index (χ0v) is 23.5. The molecule has 0 aliphatic rings. The summed E-state index contributed by atoms with van der Waals surface area (Å²) in [6.45, 7) is 0. The van der Waals surface area contributed by atoms with Gasteiger partial charge in [-0.2, -0.15) is 18.4 Å². The average Bonchev–Trinajstić information content (AvgIpc) is 2.90. The summed E-state index contributed by atoms with van der Waals surface area (Å²) in [5.41, 5.74) is 1.79. The molecule has 0 heterocycles. The maximum atomic E-state index is 14.2. The van der Waals surface area contributed by atoms with Crippen LogP contribution < -0.4 is 10.6 Å². The van der Waals surface area contributed by atoms with Gasteiger partial charge in [-0.05, 0) is 34.4 Å². The lowest BCUT2D eigenvalue weighted by Gasteiger charge is -2.28. The number of benzene rings is 3. The van der Waals surface area contributed by atoms with Gasteiger partial charge < -0.3 is 5.32 Å². The molecule has 1 amide bonds. The molecule has 0 aliphatic carbocycles. The second-order valence-corrected chi connectivity index (χ2v) is 12.4. The number of sulfone groups is 1. The normalized spacial score (nSPS) is 14.2. The predicted octanol–water partition coefficient (Wildman–Crippen LogP) is 5.76. The number of amides is 1. The van der Waals surface area contributed by atoms with Crippen molar-refractivity contribution in [1.29, 1.82) is 5.26 Å². The lowest BCUT2D eigenvalue weighted by atomic mass is 9.99. The Morgan fingerprint density at radius 1 is 0.950 bits per heavy atom. The highest BCUT2D eigenvalue weighted by Crippen LogP contribution is 2.35. The van der Waals surface area contributed by atoms with Crippen molar-refractivity contribution in [1.82, 2.24) is 10.6 Å². The molecule has 0 radical (unpaired) electrons. The van der Waals surface area contributed by atoms with Gasteiger partial charge >= 0.3 is 6.18 Å². The van der Waals surface area contributed by atoms with E-state index in [1.807, 2.05) is 6.07 Å². The Morgan fingerprint density at radius 3 is 1.98 bits per heavy atom. The minimum atomic E-state index is -4.79. The number of hydrogen-bond acceptors (Lipinski definition) is 5. The standard InChI is InChI=1S/C28H26Cl2F3N3O3S/c1-40(38,39)23-13-11-20(12-14-23)19-7-9-21(10-8-19)26(28(31,32)33)36-24(16-25(29)30)27(37)35-22(17-34)15-18-5-3-2-4-6-18/h2-14,22,24-26,36H,15-16H2,1H3,(H,35,37)/t22?,24-,26-/m0/s1. The third-order valence-corrected chi connectivity index (χ3v) is 7.53. The lowest BCUT2D eigenvalue weighted by molar-refractivity contribution is -0.161. The molecule has 3 rings (SSSR count). The van der Waals surface area contributed by atoms with E-state index < -0.39 is 44.9 Å². The van der Waals surface area contributed by atoms with Gasteiger partial charge in [0.05, 0.1) is 17.0 Å². The van der Waals surface area contributed by atoms with Crippen LogP contribution in [0.5, 0.6) is 0 Å². The molecule has 6 nitrogen and oxygen atoms in total. The zero-order chi connectivity index (χ0) is 29.5. The molecule has 0 aliphatic heterocycles. The molecule has 40 heavy (non-hydrogen) atoms. The minimum Gasteiger partial charge on any atom is -0.339 e. The molecule has 0 aromatic heterocycles. The third-order valence-electron chi connectivity index (χ3n) is 6.04. The van der Waals surface area contributed by atoms with Crippen molar-refractivity contribution in [3.63, 3.8) is 0 Å². The first-order valence-electron chi connectivity index (χ1n) is 12.0. The fourth-order valence-corrected chi connectivity index (χ4v) is 5.01. The second kappa shape index (κ2) is 13.5. The number of nitriles is 1. The van der Waals surface area contributed by atoms with Gasteiger partial charge in [0.25, 0.3) is 0 Å². The summed E-state index contributed by atoms with van der Waals surface area (Å²) in [6, 6.07) is 17.6. The van der Waals surface area contributed by atoms with Crippen LogP contribution in [0, 0.1) is 11.3 Å². The maximum Gasteiger partial charge on any atom is 0.407 e. The van der Waals surface area contributed by atoms with Crippen molar-refractivity contribution >= 4 is 38.9 Å². The zero-order valence-electron chi connectivity index (χ0n) is 21.2. The summed E-state index contributed by atoms with van der Waals surface area (Å²) in [7, 11) is -3.39. The van der Waals surface area contributed by atoms with Crippen LogP contribution in [0.3, 0.4) is 0 Å². The van der Waals surface area contributed by atoms with Crippen molar-refractivity contribution in [3.8, 4) is 17.2 Å². The molecule has 12 heteroatoms. The molecule has 3 aromatic carbocycles. The van der Waals surface area contributed by atoms with Gasteiger partial charge in [-0.25, -0.2) is 8.42 Å². The van der Waals surface area contributed by atoms with Crippen LogP contribution in [0.2, 0.25) is 0 Å². The van der Waals surface area contributed by atoms with Crippen molar-refractivity contribution in [2.45, 2.75) is 46.9 Å². The van der Waals surface area contributed by atoms with Gasteiger partial charge in [0.15, 0.2) is 9.84 Å². The molecule has 212 valence electrons.